The molecule has 108 valence electrons. The Kier molecular flexibility index (Phi) is 3.76. The minimum absolute atomic E-state index is 0.171. The van der Waals surface area contributed by atoms with Crippen LogP contribution in [0.25, 0.3) is 0 Å². The lowest BCUT2D eigenvalue weighted by molar-refractivity contribution is 0.317. The Morgan fingerprint density at radius 3 is 2.55 bits per heavy atom. The van der Waals surface area contributed by atoms with Gasteiger partial charge in [0.2, 0.25) is 5.89 Å². The van der Waals surface area contributed by atoms with Gasteiger partial charge in [-0.2, -0.15) is 4.98 Å². The zero-order chi connectivity index (χ0) is 14.9. The topological polar surface area (TPSA) is 74.2 Å². The van der Waals surface area contributed by atoms with Crippen LogP contribution in [0, 0.1) is 5.82 Å². The van der Waals surface area contributed by atoms with Crippen LogP contribution in [-0.2, 0) is 5.41 Å². The van der Waals surface area contributed by atoms with Crippen LogP contribution in [0.5, 0.6) is 5.75 Å². The average molecular weight is 279 g/mol. The van der Waals surface area contributed by atoms with Crippen LogP contribution < -0.4 is 10.5 Å². The van der Waals surface area contributed by atoms with Crippen LogP contribution in [0.2, 0.25) is 0 Å². The van der Waals surface area contributed by atoms with Crippen LogP contribution in [0.15, 0.2) is 22.7 Å². The first kappa shape index (κ1) is 14.5. The Balaban J connectivity index is 2.29. The van der Waals surface area contributed by atoms with Gasteiger partial charge < -0.3 is 15.0 Å². The summed E-state index contributed by atoms with van der Waals surface area (Å²) in [5.74, 6) is 0.529. The molecule has 0 spiro atoms. The lowest BCUT2D eigenvalue weighted by Gasteiger charge is -2.11. The van der Waals surface area contributed by atoms with Gasteiger partial charge >= 0.3 is 0 Å². The fraction of sp³-hybridized carbons (Fsp3) is 0.429. The molecule has 1 atom stereocenters. The Morgan fingerprint density at radius 2 is 2.05 bits per heavy atom. The third-order valence-corrected chi connectivity index (χ3v) is 2.90. The fourth-order valence-corrected chi connectivity index (χ4v) is 1.69. The van der Waals surface area contributed by atoms with E-state index in [1.807, 2.05) is 20.8 Å². The second kappa shape index (κ2) is 5.20. The Labute approximate surface area is 116 Å². The highest BCUT2D eigenvalue weighted by Crippen LogP contribution is 2.26. The maximum absolute atomic E-state index is 13.7. The average Bonchev–Trinajstić information content (AvgIpc) is 2.87. The van der Waals surface area contributed by atoms with Gasteiger partial charge in [0.25, 0.3) is 0 Å². The molecule has 2 rings (SSSR count). The van der Waals surface area contributed by atoms with Crippen molar-refractivity contribution in [1.29, 1.82) is 0 Å². The number of nitrogens with zero attached hydrogens (tertiary/aromatic N) is 2. The first-order valence-corrected chi connectivity index (χ1v) is 6.26. The molecule has 0 saturated heterocycles. The standard InChI is InChI=1S/C14H18FN3O2/c1-14(2,3)13-17-12(18-20-13)11(16)8-5-6-10(19-4)9(15)7-8/h5-7,11H,16H2,1-4H3. The van der Waals surface area contributed by atoms with Crippen LogP contribution in [0.1, 0.15) is 44.1 Å². The van der Waals surface area contributed by atoms with Crippen molar-refractivity contribution in [2.24, 2.45) is 5.73 Å². The largest absolute Gasteiger partial charge is 0.494 e. The lowest BCUT2D eigenvalue weighted by Crippen LogP contribution is -2.16. The number of hydrogen-bond donors (Lipinski definition) is 1. The van der Waals surface area contributed by atoms with Crippen LogP contribution in [0.4, 0.5) is 4.39 Å². The van der Waals surface area contributed by atoms with E-state index in [2.05, 4.69) is 10.1 Å². The summed E-state index contributed by atoms with van der Waals surface area (Å²) in [6.45, 7) is 5.88. The summed E-state index contributed by atoms with van der Waals surface area (Å²) >= 11 is 0. The van der Waals surface area contributed by atoms with Gasteiger partial charge in [0.05, 0.1) is 13.2 Å². The van der Waals surface area contributed by atoms with E-state index >= 15 is 0 Å². The summed E-state index contributed by atoms with van der Waals surface area (Å²) in [5, 5.41) is 3.87. The quantitative estimate of drug-likeness (QED) is 0.934. The van der Waals surface area contributed by atoms with Gasteiger partial charge in [-0.15, -0.1) is 0 Å². The van der Waals surface area contributed by atoms with E-state index < -0.39 is 11.9 Å². The number of ether oxygens (including phenoxy) is 1. The van der Waals surface area contributed by atoms with E-state index in [1.54, 1.807) is 6.07 Å². The summed E-state index contributed by atoms with van der Waals surface area (Å²) in [7, 11) is 1.41. The third-order valence-electron chi connectivity index (χ3n) is 2.90. The lowest BCUT2D eigenvalue weighted by atomic mass is 9.97. The molecule has 20 heavy (non-hydrogen) atoms. The minimum atomic E-state index is -0.643. The number of benzene rings is 1. The van der Waals surface area contributed by atoms with Crippen LogP contribution in [0.3, 0.4) is 0 Å². The Morgan fingerprint density at radius 1 is 1.35 bits per heavy atom. The SMILES string of the molecule is COc1ccc(C(N)c2noc(C(C)(C)C)n2)cc1F. The van der Waals surface area contributed by atoms with Crippen molar-refractivity contribution in [2.75, 3.05) is 7.11 Å². The van der Waals surface area contributed by atoms with E-state index in [0.717, 1.165) is 0 Å². The molecular formula is C14H18FN3O2. The van der Waals surface area contributed by atoms with E-state index in [9.17, 15) is 4.39 Å². The van der Waals surface area contributed by atoms with E-state index in [1.165, 1.54) is 19.2 Å². The first-order valence-electron chi connectivity index (χ1n) is 6.26. The molecule has 2 aromatic rings. The molecule has 0 fully saturated rings. The summed E-state index contributed by atoms with van der Waals surface area (Å²) in [6.07, 6.45) is 0. The molecule has 1 unspecified atom stereocenters. The number of rotatable bonds is 3. The molecule has 0 aliphatic heterocycles. The van der Waals surface area contributed by atoms with Gasteiger partial charge in [-0.05, 0) is 17.7 Å². The Bertz CT molecular complexity index is 605. The molecule has 1 heterocycles. The molecule has 0 amide bonds. The van der Waals surface area contributed by atoms with Crippen molar-refractivity contribution < 1.29 is 13.7 Å². The predicted molar refractivity (Wildman–Crippen MR) is 72.0 cm³/mol. The molecule has 0 radical (unpaired) electrons. The van der Waals surface area contributed by atoms with Gasteiger partial charge in [0.1, 0.15) is 0 Å². The highest BCUT2D eigenvalue weighted by molar-refractivity contribution is 5.33. The highest BCUT2D eigenvalue weighted by atomic mass is 19.1. The molecule has 0 aliphatic rings. The van der Waals surface area contributed by atoms with Crippen molar-refractivity contribution in [3.63, 3.8) is 0 Å². The van der Waals surface area contributed by atoms with E-state index in [-0.39, 0.29) is 11.2 Å². The van der Waals surface area contributed by atoms with Crippen molar-refractivity contribution in [3.8, 4) is 5.75 Å². The molecule has 1 aromatic heterocycles. The number of methoxy groups -OCH3 is 1. The number of hydrogen-bond acceptors (Lipinski definition) is 5. The van der Waals surface area contributed by atoms with Crippen molar-refractivity contribution in [1.82, 2.24) is 10.1 Å². The summed E-state index contributed by atoms with van der Waals surface area (Å²) in [5.41, 5.74) is 6.35. The van der Waals surface area contributed by atoms with Gasteiger partial charge in [0.15, 0.2) is 17.4 Å². The smallest absolute Gasteiger partial charge is 0.232 e. The molecule has 0 bridgehead atoms. The van der Waals surface area contributed by atoms with Gasteiger partial charge in [-0.1, -0.05) is 32.0 Å². The predicted octanol–water partition coefficient (Wildman–Crippen LogP) is 2.56. The van der Waals surface area contributed by atoms with Gasteiger partial charge in [-0.3, -0.25) is 0 Å². The van der Waals surface area contributed by atoms with Gasteiger partial charge in [0, 0.05) is 5.41 Å². The molecule has 0 saturated carbocycles. The summed E-state index contributed by atoms with van der Waals surface area (Å²) in [4.78, 5) is 4.27. The van der Waals surface area contributed by atoms with Crippen molar-refractivity contribution in [3.05, 3.63) is 41.3 Å². The summed E-state index contributed by atoms with van der Waals surface area (Å²) < 4.78 is 23.7. The zero-order valence-electron chi connectivity index (χ0n) is 12.0. The van der Waals surface area contributed by atoms with E-state index in [0.29, 0.717) is 17.3 Å². The molecule has 2 N–H and O–H groups in total. The normalized spacial score (nSPS) is 13.3. The number of halogens is 1. The second-order valence-electron chi connectivity index (χ2n) is 5.58. The fourth-order valence-electron chi connectivity index (χ4n) is 1.69. The molecule has 6 heteroatoms. The number of nitrogens with two attached hydrogens (primary N) is 1. The zero-order valence-corrected chi connectivity index (χ0v) is 12.0. The van der Waals surface area contributed by atoms with Crippen molar-refractivity contribution in [2.45, 2.75) is 32.2 Å². The van der Waals surface area contributed by atoms with E-state index in [4.69, 9.17) is 15.0 Å². The second-order valence-corrected chi connectivity index (χ2v) is 5.58. The third kappa shape index (κ3) is 2.80. The van der Waals surface area contributed by atoms with Crippen LogP contribution >= 0.6 is 0 Å². The molecule has 1 aromatic carbocycles. The van der Waals surface area contributed by atoms with Crippen molar-refractivity contribution >= 4 is 0 Å². The molecular weight excluding hydrogens is 261 g/mol. The maximum Gasteiger partial charge on any atom is 0.232 e. The molecule has 5 nitrogen and oxygen atoms in total. The first-order chi connectivity index (χ1) is 9.32. The summed E-state index contributed by atoms with van der Waals surface area (Å²) in [6, 6.07) is 3.88. The van der Waals surface area contributed by atoms with Gasteiger partial charge in [-0.25, -0.2) is 4.39 Å². The molecule has 0 aliphatic carbocycles. The van der Waals surface area contributed by atoms with Crippen LogP contribution in [-0.4, -0.2) is 17.3 Å². The monoisotopic (exact) mass is 279 g/mol. The number of aromatic nitrogens is 2. The highest BCUT2D eigenvalue weighted by Gasteiger charge is 2.24. The maximum atomic E-state index is 13.7. The minimum Gasteiger partial charge on any atom is -0.494 e. The Hall–Kier alpha value is -1.95.